The van der Waals surface area contributed by atoms with Gasteiger partial charge in [0.15, 0.2) is 0 Å². The Morgan fingerprint density at radius 3 is 2.62 bits per heavy atom. The average molecular weight is 219 g/mol. The summed E-state index contributed by atoms with van der Waals surface area (Å²) < 4.78 is 4.88. The third-order valence-corrected chi connectivity index (χ3v) is 2.24. The van der Waals surface area contributed by atoms with Gasteiger partial charge in [0.05, 0.1) is 5.54 Å². The Labute approximate surface area is 96.1 Å². The molecular formula is C13H17NO2. The molecule has 0 heterocycles. The molecule has 0 saturated heterocycles. The molecule has 0 aliphatic heterocycles. The molecule has 1 aromatic rings. The smallest absolute Gasteiger partial charge is 0.408 e. The van der Waals surface area contributed by atoms with Crippen LogP contribution in [0.2, 0.25) is 0 Å². The molecule has 0 aliphatic carbocycles. The maximum atomic E-state index is 11.4. The normalized spacial score (nSPS) is 10.6. The van der Waals surface area contributed by atoms with Crippen LogP contribution in [-0.4, -0.2) is 12.7 Å². The van der Waals surface area contributed by atoms with Crippen LogP contribution in [-0.2, 0) is 10.3 Å². The molecule has 3 heteroatoms. The maximum Gasteiger partial charge on any atom is 0.408 e. The largest absolute Gasteiger partial charge is 0.445 e. The summed E-state index contributed by atoms with van der Waals surface area (Å²) in [5.74, 6) is 0. The zero-order chi connectivity index (χ0) is 12.0. The van der Waals surface area contributed by atoms with Crippen LogP contribution in [0, 0.1) is 0 Å². The van der Waals surface area contributed by atoms with E-state index in [1.165, 1.54) is 6.08 Å². The third-order valence-electron chi connectivity index (χ3n) is 2.24. The van der Waals surface area contributed by atoms with Crippen molar-refractivity contribution in [1.82, 2.24) is 5.32 Å². The van der Waals surface area contributed by atoms with Gasteiger partial charge in [-0.2, -0.15) is 0 Å². The number of carbonyl (C=O) groups excluding carboxylic acids is 1. The number of alkyl carbamates (subject to hydrolysis) is 1. The van der Waals surface area contributed by atoms with Crippen LogP contribution in [0.4, 0.5) is 4.79 Å². The highest BCUT2D eigenvalue weighted by Crippen LogP contribution is 2.19. The zero-order valence-corrected chi connectivity index (χ0v) is 9.69. The minimum Gasteiger partial charge on any atom is -0.445 e. The maximum absolute atomic E-state index is 11.4. The SMILES string of the molecule is C=CCOC(=O)NC(C)(C)c1ccccc1. The van der Waals surface area contributed by atoms with Gasteiger partial charge in [0.25, 0.3) is 0 Å². The average Bonchev–Trinajstić information content (AvgIpc) is 2.27. The van der Waals surface area contributed by atoms with Gasteiger partial charge in [-0.25, -0.2) is 4.79 Å². The van der Waals surface area contributed by atoms with Crippen LogP contribution in [0.1, 0.15) is 19.4 Å². The fraction of sp³-hybridized carbons (Fsp3) is 0.308. The van der Waals surface area contributed by atoms with Crippen LogP contribution >= 0.6 is 0 Å². The molecule has 0 unspecified atom stereocenters. The van der Waals surface area contributed by atoms with Crippen LogP contribution in [0.5, 0.6) is 0 Å². The second-order valence-electron chi connectivity index (χ2n) is 4.00. The molecule has 0 bridgehead atoms. The van der Waals surface area contributed by atoms with Crippen molar-refractivity contribution in [2.75, 3.05) is 6.61 Å². The predicted octanol–water partition coefficient (Wildman–Crippen LogP) is 2.83. The van der Waals surface area contributed by atoms with Crippen molar-refractivity contribution < 1.29 is 9.53 Å². The Morgan fingerprint density at radius 1 is 1.44 bits per heavy atom. The molecule has 1 rings (SSSR count). The molecule has 86 valence electrons. The summed E-state index contributed by atoms with van der Waals surface area (Å²) in [5.41, 5.74) is 0.588. The van der Waals surface area contributed by atoms with Crippen molar-refractivity contribution in [2.45, 2.75) is 19.4 Å². The number of benzene rings is 1. The lowest BCUT2D eigenvalue weighted by Gasteiger charge is -2.26. The van der Waals surface area contributed by atoms with Crippen LogP contribution in [0.15, 0.2) is 43.0 Å². The zero-order valence-electron chi connectivity index (χ0n) is 9.69. The molecule has 0 spiro atoms. The number of carbonyl (C=O) groups is 1. The quantitative estimate of drug-likeness (QED) is 0.791. The van der Waals surface area contributed by atoms with Crippen molar-refractivity contribution in [1.29, 1.82) is 0 Å². The lowest BCUT2D eigenvalue weighted by atomic mass is 9.95. The highest BCUT2D eigenvalue weighted by Gasteiger charge is 2.22. The molecule has 16 heavy (non-hydrogen) atoms. The van der Waals surface area contributed by atoms with Crippen molar-refractivity contribution in [3.63, 3.8) is 0 Å². The Balaban J connectivity index is 2.65. The third kappa shape index (κ3) is 3.42. The number of hydrogen-bond acceptors (Lipinski definition) is 2. The first kappa shape index (κ1) is 12.3. The van der Waals surface area contributed by atoms with Gasteiger partial charge < -0.3 is 10.1 Å². The van der Waals surface area contributed by atoms with E-state index in [4.69, 9.17) is 4.74 Å². The second-order valence-corrected chi connectivity index (χ2v) is 4.00. The molecule has 1 N–H and O–H groups in total. The highest BCUT2D eigenvalue weighted by molar-refractivity contribution is 5.68. The van der Waals surface area contributed by atoms with Gasteiger partial charge in [0, 0.05) is 0 Å². The van der Waals surface area contributed by atoms with E-state index in [-0.39, 0.29) is 6.61 Å². The first-order valence-corrected chi connectivity index (χ1v) is 5.17. The molecule has 0 atom stereocenters. The first-order valence-electron chi connectivity index (χ1n) is 5.17. The topological polar surface area (TPSA) is 38.3 Å². The molecule has 3 nitrogen and oxygen atoms in total. The van der Waals surface area contributed by atoms with E-state index >= 15 is 0 Å². The molecule has 0 fully saturated rings. The van der Waals surface area contributed by atoms with Gasteiger partial charge in [0.2, 0.25) is 0 Å². The van der Waals surface area contributed by atoms with Crippen molar-refractivity contribution >= 4 is 6.09 Å². The van der Waals surface area contributed by atoms with E-state index in [1.807, 2.05) is 44.2 Å². The summed E-state index contributed by atoms with van der Waals surface area (Å²) in [4.78, 5) is 11.4. The summed E-state index contributed by atoms with van der Waals surface area (Å²) >= 11 is 0. The lowest BCUT2D eigenvalue weighted by Crippen LogP contribution is -2.41. The minimum absolute atomic E-state index is 0.219. The molecule has 1 amide bonds. The molecule has 0 aromatic heterocycles. The van der Waals surface area contributed by atoms with E-state index < -0.39 is 11.6 Å². The van der Waals surface area contributed by atoms with Crippen LogP contribution in [0.3, 0.4) is 0 Å². The van der Waals surface area contributed by atoms with Crippen molar-refractivity contribution in [3.8, 4) is 0 Å². The lowest BCUT2D eigenvalue weighted by molar-refractivity contribution is 0.147. The number of rotatable bonds is 4. The Hall–Kier alpha value is -1.77. The van der Waals surface area contributed by atoms with Gasteiger partial charge in [-0.15, -0.1) is 0 Å². The van der Waals surface area contributed by atoms with Gasteiger partial charge in [-0.3, -0.25) is 0 Å². The summed E-state index contributed by atoms with van der Waals surface area (Å²) in [7, 11) is 0. The first-order chi connectivity index (χ1) is 7.56. The highest BCUT2D eigenvalue weighted by atomic mass is 16.5. The second kappa shape index (κ2) is 5.35. The molecule has 0 radical (unpaired) electrons. The standard InChI is InChI=1S/C13H17NO2/c1-4-10-16-12(15)14-13(2,3)11-8-6-5-7-9-11/h4-9H,1,10H2,2-3H3,(H,14,15). The Kier molecular flexibility index (Phi) is 4.11. The van der Waals surface area contributed by atoms with E-state index in [0.717, 1.165) is 5.56 Å². The van der Waals surface area contributed by atoms with E-state index in [2.05, 4.69) is 11.9 Å². The fourth-order valence-corrected chi connectivity index (χ4v) is 1.35. The van der Waals surface area contributed by atoms with Crippen LogP contribution in [0.25, 0.3) is 0 Å². The Morgan fingerprint density at radius 2 is 2.06 bits per heavy atom. The summed E-state index contributed by atoms with van der Waals surface area (Å²) in [5, 5.41) is 2.80. The minimum atomic E-state index is -0.445. The molecule has 1 aromatic carbocycles. The summed E-state index contributed by atoms with van der Waals surface area (Å²) in [6.07, 6.45) is 1.10. The number of hydrogen-bond donors (Lipinski definition) is 1. The summed E-state index contributed by atoms with van der Waals surface area (Å²) in [6, 6.07) is 9.75. The van der Waals surface area contributed by atoms with Crippen LogP contribution < -0.4 is 5.32 Å². The van der Waals surface area contributed by atoms with Gasteiger partial charge >= 0.3 is 6.09 Å². The van der Waals surface area contributed by atoms with Gasteiger partial charge in [-0.05, 0) is 19.4 Å². The number of amides is 1. The Bertz CT molecular complexity index is 357. The van der Waals surface area contributed by atoms with E-state index in [9.17, 15) is 4.79 Å². The van der Waals surface area contributed by atoms with E-state index in [0.29, 0.717) is 0 Å². The fourth-order valence-electron chi connectivity index (χ4n) is 1.35. The summed E-state index contributed by atoms with van der Waals surface area (Å²) in [6.45, 7) is 7.56. The number of ether oxygens (including phenoxy) is 1. The van der Waals surface area contributed by atoms with Gasteiger partial charge in [-0.1, -0.05) is 43.0 Å². The van der Waals surface area contributed by atoms with Crippen molar-refractivity contribution in [3.05, 3.63) is 48.6 Å². The number of nitrogens with one attached hydrogen (secondary N) is 1. The van der Waals surface area contributed by atoms with E-state index in [1.54, 1.807) is 0 Å². The molecule has 0 saturated carbocycles. The van der Waals surface area contributed by atoms with Gasteiger partial charge in [0.1, 0.15) is 6.61 Å². The molecule has 0 aliphatic rings. The monoisotopic (exact) mass is 219 g/mol. The predicted molar refractivity (Wildman–Crippen MR) is 64.1 cm³/mol. The van der Waals surface area contributed by atoms with Crippen molar-refractivity contribution in [2.24, 2.45) is 0 Å². The molecular weight excluding hydrogens is 202 g/mol.